The quantitative estimate of drug-likeness (QED) is 0.692. The number of hydrogen-bond donors (Lipinski definition) is 0. The van der Waals surface area contributed by atoms with Gasteiger partial charge in [0.15, 0.2) is 11.5 Å². The third-order valence-electron chi connectivity index (χ3n) is 3.05. The lowest BCUT2D eigenvalue weighted by Gasteiger charge is -2.22. The van der Waals surface area contributed by atoms with Gasteiger partial charge in [-0.3, -0.25) is 4.79 Å². The first-order chi connectivity index (χ1) is 10.1. The van der Waals surface area contributed by atoms with Crippen LogP contribution in [-0.2, 0) is 0 Å². The fourth-order valence-corrected chi connectivity index (χ4v) is 2.28. The van der Waals surface area contributed by atoms with E-state index in [0.717, 1.165) is 6.42 Å². The van der Waals surface area contributed by atoms with Crippen molar-refractivity contribution in [3.8, 4) is 17.2 Å². The highest BCUT2D eigenvalue weighted by molar-refractivity contribution is 6.18. The van der Waals surface area contributed by atoms with E-state index in [4.69, 9.17) is 25.8 Å². The van der Waals surface area contributed by atoms with Gasteiger partial charge in [0.1, 0.15) is 0 Å². The van der Waals surface area contributed by atoms with Crippen LogP contribution in [-0.4, -0.2) is 51.1 Å². The summed E-state index contributed by atoms with van der Waals surface area (Å²) in [5.41, 5.74) is 0.489. The molecule has 1 rings (SSSR count). The Labute approximate surface area is 130 Å². The Balaban J connectivity index is 3.19. The van der Waals surface area contributed by atoms with Crippen molar-refractivity contribution in [1.29, 1.82) is 0 Å². The number of methoxy groups -OCH3 is 3. The fraction of sp³-hybridized carbons (Fsp3) is 0.533. The molecule has 1 aromatic carbocycles. The highest BCUT2D eigenvalue weighted by Crippen LogP contribution is 2.38. The number of rotatable bonds is 8. The molecule has 6 heteroatoms. The lowest BCUT2D eigenvalue weighted by Crippen LogP contribution is -2.33. The standard InChI is InChI=1S/C15H22ClNO4/c1-5-7-17(8-6-16)15(18)11-9-12(19-2)14(21-4)13(10-11)20-3/h9-10H,5-8H2,1-4H3. The molecule has 0 unspecified atom stereocenters. The predicted octanol–water partition coefficient (Wildman–Crippen LogP) is 2.80. The van der Waals surface area contributed by atoms with Gasteiger partial charge in [-0.05, 0) is 18.6 Å². The van der Waals surface area contributed by atoms with Crippen molar-refractivity contribution in [3.05, 3.63) is 17.7 Å². The minimum Gasteiger partial charge on any atom is -0.493 e. The van der Waals surface area contributed by atoms with E-state index in [1.165, 1.54) is 21.3 Å². The van der Waals surface area contributed by atoms with Crippen LogP contribution in [0.1, 0.15) is 23.7 Å². The Morgan fingerprint density at radius 2 is 1.67 bits per heavy atom. The third-order valence-corrected chi connectivity index (χ3v) is 3.22. The van der Waals surface area contributed by atoms with Crippen molar-refractivity contribution in [3.63, 3.8) is 0 Å². The largest absolute Gasteiger partial charge is 0.493 e. The Morgan fingerprint density at radius 1 is 1.10 bits per heavy atom. The molecule has 0 aromatic heterocycles. The summed E-state index contributed by atoms with van der Waals surface area (Å²) in [5.74, 6) is 1.69. The second-order valence-corrected chi connectivity index (χ2v) is 4.77. The molecule has 21 heavy (non-hydrogen) atoms. The van der Waals surface area contributed by atoms with E-state index in [1.807, 2.05) is 6.92 Å². The zero-order valence-corrected chi connectivity index (χ0v) is 13.7. The molecule has 1 amide bonds. The number of carbonyl (C=O) groups is 1. The van der Waals surface area contributed by atoms with Gasteiger partial charge in [0, 0.05) is 24.5 Å². The van der Waals surface area contributed by atoms with Gasteiger partial charge >= 0.3 is 0 Å². The molecular weight excluding hydrogens is 294 g/mol. The molecule has 1 aromatic rings. The van der Waals surface area contributed by atoms with Gasteiger partial charge in [0.25, 0.3) is 5.91 Å². The summed E-state index contributed by atoms with van der Waals surface area (Å²) in [6, 6.07) is 3.31. The molecule has 0 fully saturated rings. The summed E-state index contributed by atoms with van der Waals surface area (Å²) in [7, 11) is 4.57. The Morgan fingerprint density at radius 3 is 2.05 bits per heavy atom. The molecule has 0 saturated heterocycles. The molecule has 118 valence electrons. The summed E-state index contributed by atoms with van der Waals surface area (Å²) < 4.78 is 15.8. The topological polar surface area (TPSA) is 48.0 Å². The SMILES string of the molecule is CCCN(CCCl)C(=O)c1cc(OC)c(OC)c(OC)c1. The molecule has 0 saturated carbocycles. The summed E-state index contributed by atoms with van der Waals surface area (Å²) in [4.78, 5) is 14.3. The molecule has 5 nitrogen and oxygen atoms in total. The summed E-state index contributed by atoms with van der Waals surface area (Å²) in [6.45, 7) is 3.18. The van der Waals surface area contributed by atoms with Crippen LogP contribution in [0.2, 0.25) is 0 Å². The van der Waals surface area contributed by atoms with Crippen molar-refractivity contribution in [2.24, 2.45) is 0 Å². The number of amides is 1. The van der Waals surface area contributed by atoms with Crippen molar-refractivity contribution in [2.75, 3.05) is 40.3 Å². The molecule has 0 aliphatic rings. The van der Waals surface area contributed by atoms with Crippen LogP contribution in [0.15, 0.2) is 12.1 Å². The lowest BCUT2D eigenvalue weighted by molar-refractivity contribution is 0.0764. The van der Waals surface area contributed by atoms with E-state index in [9.17, 15) is 4.79 Å². The van der Waals surface area contributed by atoms with Gasteiger partial charge in [-0.1, -0.05) is 6.92 Å². The Hall–Kier alpha value is -1.62. The number of nitrogens with zero attached hydrogens (tertiary/aromatic N) is 1. The molecular formula is C15H22ClNO4. The lowest BCUT2D eigenvalue weighted by atomic mass is 10.1. The number of hydrogen-bond acceptors (Lipinski definition) is 4. The van der Waals surface area contributed by atoms with Crippen molar-refractivity contribution >= 4 is 17.5 Å². The monoisotopic (exact) mass is 315 g/mol. The molecule has 0 bridgehead atoms. The zero-order valence-electron chi connectivity index (χ0n) is 12.9. The number of ether oxygens (including phenoxy) is 3. The first-order valence-corrected chi connectivity index (χ1v) is 7.31. The van der Waals surface area contributed by atoms with Crippen molar-refractivity contribution in [1.82, 2.24) is 4.90 Å². The molecule has 0 atom stereocenters. The van der Waals surface area contributed by atoms with Crippen LogP contribution >= 0.6 is 11.6 Å². The van der Waals surface area contributed by atoms with Gasteiger partial charge < -0.3 is 19.1 Å². The van der Waals surface area contributed by atoms with Crippen LogP contribution in [0.25, 0.3) is 0 Å². The van der Waals surface area contributed by atoms with Crippen molar-refractivity contribution in [2.45, 2.75) is 13.3 Å². The van der Waals surface area contributed by atoms with E-state index in [2.05, 4.69) is 0 Å². The van der Waals surface area contributed by atoms with Crippen LogP contribution in [0.4, 0.5) is 0 Å². The minimum atomic E-state index is -0.100. The van der Waals surface area contributed by atoms with Gasteiger partial charge in [-0.15, -0.1) is 11.6 Å². The van der Waals surface area contributed by atoms with Gasteiger partial charge in [0.2, 0.25) is 5.75 Å². The molecule has 0 spiro atoms. The third kappa shape index (κ3) is 4.17. The molecule has 0 heterocycles. The minimum absolute atomic E-state index is 0.100. The second kappa shape index (κ2) is 8.62. The number of carbonyl (C=O) groups excluding carboxylic acids is 1. The van der Waals surface area contributed by atoms with Crippen molar-refractivity contribution < 1.29 is 19.0 Å². The molecule has 0 aliphatic heterocycles. The van der Waals surface area contributed by atoms with Crippen LogP contribution < -0.4 is 14.2 Å². The van der Waals surface area contributed by atoms with Gasteiger partial charge in [-0.25, -0.2) is 0 Å². The van der Waals surface area contributed by atoms with E-state index < -0.39 is 0 Å². The molecule has 0 N–H and O–H groups in total. The second-order valence-electron chi connectivity index (χ2n) is 4.40. The normalized spacial score (nSPS) is 10.1. The maximum atomic E-state index is 12.6. The first kappa shape index (κ1) is 17.4. The van der Waals surface area contributed by atoms with E-state index in [1.54, 1.807) is 17.0 Å². The summed E-state index contributed by atoms with van der Waals surface area (Å²) >= 11 is 5.77. The van der Waals surface area contributed by atoms with Gasteiger partial charge in [-0.2, -0.15) is 0 Å². The number of halogens is 1. The highest BCUT2D eigenvalue weighted by atomic mass is 35.5. The van der Waals surface area contributed by atoms with Crippen LogP contribution in [0, 0.1) is 0 Å². The average molecular weight is 316 g/mol. The average Bonchev–Trinajstić information content (AvgIpc) is 2.52. The van der Waals surface area contributed by atoms with E-state index in [0.29, 0.717) is 41.8 Å². The van der Waals surface area contributed by atoms with Crippen LogP contribution in [0.3, 0.4) is 0 Å². The van der Waals surface area contributed by atoms with E-state index >= 15 is 0 Å². The maximum Gasteiger partial charge on any atom is 0.254 e. The first-order valence-electron chi connectivity index (χ1n) is 6.78. The predicted molar refractivity (Wildman–Crippen MR) is 83.0 cm³/mol. The fourth-order valence-electron chi connectivity index (χ4n) is 2.07. The summed E-state index contributed by atoms with van der Waals surface area (Å²) in [6.07, 6.45) is 0.868. The summed E-state index contributed by atoms with van der Waals surface area (Å²) in [5, 5.41) is 0. The Bertz CT molecular complexity index is 448. The smallest absolute Gasteiger partial charge is 0.254 e. The number of alkyl halides is 1. The van der Waals surface area contributed by atoms with Crippen LogP contribution in [0.5, 0.6) is 17.2 Å². The highest BCUT2D eigenvalue weighted by Gasteiger charge is 2.20. The zero-order chi connectivity index (χ0) is 15.8. The molecule has 0 aliphatic carbocycles. The maximum absolute atomic E-state index is 12.6. The molecule has 0 radical (unpaired) electrons. The van der Waals surface area contributed by atoms with E-state index in [-0.39, 0.29) is 5.91 Å². The number of benzene rings is 1. The Kier molecular flexibility index (Phi) is 7.15. The van der Waals surface area contributed by atoms with Gasteiger partial charge in [0.05, 0.1) is 21.3 Å².